The maximum Gasteiger partial charge on any atom is 0.251 e. The van der Waals surface area contributed by atoms with Crippen LogP contribution in [-0.4, -0.2) is 55.0 Å². The van der Waals surface area contributed by atoms with Gasteiger partial charge in [-0.2, -0.15) is 0 Å². The third kappa shape index (κ3) is 8.21. The highest BCUT2D eigenvalue weighted by Gasteiger charge is 2.32. The summed E-state index contributed by atoms with van der Waals surface area (Å²) in [5.41, 5.74) is 2.72. The minimum atomic E-state index is -0.358. The summed E-state index contributed by atoms with van der Waals surface area (Å²) in [5, 5.41) is 10.7. The number of rotatable bonds is 11. The summed E-state index contributed by atoms with van der Waals surface area (Å²) in [6.07, 6.45) is 2.31. The highest BCUT2D eigenvalue weighted by atomic mass is 35.5. The van der Waals surface area contributed by atoms with Gasteiger partial charge in [0.2, 0.25) is 5.91 Å². The highest BCUT2D eigenvalue weighted by Crippen LogP contribution is 2.24. The lowest BCUT2D eigenvalue weighted by molar-refractivity contribution is -0.133. The van der Waals surface area contributed by atoms with E-state index in [1.165, 1.54) is 5.56 Å². The molecule has 0 spiro atoms. The fourth-order valence-corrected chi connectivity index (χ4v) is 5.26. The number of benzene rings is 3. The third-order valence-corrected chi connectivity index (χ3v) is 7.96. The van der Waals surface area contributed by atoms with Crippen LogP contribution in [0, 0.1) is 0 Å². The maximum atomic E-state index is 13.8. The third-order valence-electron chi connectivity index (χ3n) is 7.23. The molecular weight excluding hydrogens is 531 g/mol. The van der Waals surface area contributed by atoms with Gasteiger partial charge in [0.1, 0.15) is 0 Å². The van der Waals surface area contributed by atoms with Crippen molar-refractivity contribution in [2.75, 3.05) is 31.5 Å². The molecule has 0 aliphatic carbocycles. The van der Waals surface area contributed by atoms with Crippen LogP contribution in [0.2, 0.25) is 10.0 Å². The number of para-hydroxylation sites is 1. The van der Waals surface area contributed by atoms with Gasteiger partial charge in [0.15, 0.2) is 0 Å². The molecular formula is C31H36Cl2N4O2. The molecule has 1 saturated heterocycles. The molecule has 1 fully saturated rings. The van der Waals surface area contributed by atoms with E-state index in [1.807, 2.05) is 41.3 Å². The summed E-state index contributed by atoms with van der Waals surface area (Å²) in [4.78, 5) is 28.6. The molecule has 0 radical (unpaired) electrons. The van der Waals surface area contributed by atoms with Crippen molar-refractivity contribution < 1.29 is 9.59 Å². The molecule has 3 N–H and O–H groups in total. The van der Waals surface area contributed by atoms with Crippen LogP contribution in [0.4, 0.5) is 5.69 Å². The second kappa shape index (κ2) is 14.4. The Bertz CT molecular complexity index is 1230. The van der Waals surface area contributed by atoms with Gasteiger partial charge in [-0.15, -0.1) is 0 Å². The zero-order valence-electron chi connectivity index (χ0n) is 22.2. The minimum Gasteiger partial charge on any atom is -0.385 e. The Balaban J connectivity index is 1.43. The molecule has 0 bridgehead atoms. The van der Waals surface area contributed by atoms with E-state index in [0.29, 0.717) is 48.2 Å². The van der Waals surface area contributed by atoms with Crippen LogP contribution < -0.4 is 16.0 Å². The average molecular weight is 568 g/mol. The van der Waals surface area contributed by atoms with Gasteiger partial charge in [-0.25, -0.2) is 0 Å². The molecule has 0 unspecified atom stereocenters. The zero-order valence-corrected chi connectivity index (χ0v) is 23.7. The maximum absolute atomic E-state index is 13.8. The first-order chi connectivity index (χ1) is 18.9. The number of amides is 2. The Hall–Kier alpha value is -3.06. The van der Waals surface area contributed by atoms with Crippen molar-refractivity contribution in [3.8, 4) is 0 Å². The molecule has 3 atom stereocenters. The largest absolute Gasteiger partial charge is 0.385 e. The molecule has 0 aromatic heterocycles. The molecule has 1 aliphatic rings. The molecule has 206 valence electrons. The van der Waals surface area contributed by atoms with E-state index >= 15 is 0 Å². The lowest BCUT2D eigenvalue weighted by atomic mass is 9.95. The van der Waals surface area contributed by atoms with E-state index < -0.39 is 0 Å². The number of carbonyl (C=O) groups excluding carboxylic acids is 2. The molecule has 4 rings (SSSR count). The Morgan fingerprint density at radius 3 is 2.44 bits per heavy atom. The molecule has 2 amide bonds. The van der Waals surface area contributed by atoms with Crippen LogP contribution in [0.15, 0.2) is 78.9 Å². The predicted octanol–water partition coefficient (Wildman–Crippen LogP) is 5.98. The van der Waals surface area contributed by atoms with Crippen molar-refractivity contribution in [1.29, 1.82) is 0 Å². The first-order valence-electron chi connectivity index (χ1n) is 13.6. The number of nitrogens with zero attached hydrogens (tertiary/aromatic N) is 1. The van der Waals surface area contributed by atoms with Crippen molar-refractivity contribution >= 4 is 40.7 Å². The Morgan fingerprint density at radius 1 is 1.03 bits per heavy atom. The average Bonchev–Trinajstić information content (AvgIpc) is 3.11. The number of hydrogen-bond donors (Lipinski definition) is 3. The van der Waals surface area contributed by atoms with Gasteiger partial charge in [0.05, 0.1) is 16.1 Å². The van der Waals surface area contributed by atoms with Crippen molar-refractivity contribution in [2.45, 2.75) is 44.2 Å². The number of carbonyl (C=O) groups is 2. The smallest absolute Gasteiger partial charge is 0.251 e. The minimum absolute atomic E-state index is 0.0517. The van der Waals surface area contributed by atoms with Gasteiger partial charge in [-0.3, -0.25) is 9.59 Å². The quantitative estimate of drug-likeness (QED) is 0.267. The number of hydrogen-bond acceptors (Lipinski definition) is 4. The SMILES string of the molecule is CC[C@H](CN1CC[C@@H](CNC(=O)c2ccc(Cl)c(Cl)c2)N[C@@H](CCNc2ccccc2)C1=O)c1ccccc1. The van der Waals surface area contributed by atoms with Gasteiger partial charge >= 0.3 is 0 Å². The molecule has 6 nitrogen and oxygen atoms in total. The Morgan fingerprint density at radius 2 is 1.74 bits per heavy atom. The van der Waals surface area contributed by atoms with Gasteiger partial charge < -0.3 is 20.9 Å². The number of halogens is 2. The normalized spacial score (nSPS) is 18.3. The summed E-state index contributed by atoms with van der Waals surface area (Å²) in [6, 6.07) is 24.8. The van der Waals surface area contributed by atoms with Crippen molar-refractivity contribution in [2.24, 2.45) is 0 Å². The van der Waals surface area contributed by atoms with E-state index in [1.54, 1.807) is 18.2 Å². The van der Waals surface area contributed by atoms with Crippen LogP contribution in [0.1, 0.15) is 48.0 Å². The standard InChI is InChI=1S/C31H36Cl2N4O2/c1-2-22(23-9-5-3-6-10-23)21-37-18-16-26(20-35-30(38)24-13-14-27(32)28(33)19-24)36-29(31(37)39)15-17-34-25-11-7-4-8-12-25/h3-14,19,22,26,29,34,36H,2,15-18,20-21H2,1H3,(H,35,38)/t22-,26+,29+/m1/s1. The zero-order chi connectivity index (χ0) is 27.6. The fraction of sp³-hybridized carbons (Fsp3) is 0.355. The Labute approximate surface area is 241 Å². The lowest BCUT2D eigenvalue weighted by Gasteiger charge is -2.28. The molecule has 1 heterocycles. The van der Waals surface area contributed by atoms with E-state index in [4.69, 9.17) is 23.2 Å². The highest BCUT2D eigenvalue weighted by molar-refractivity contribution is 6.42. The second-order valence-corrected chi connectivity index (χ2v) is 10.7. The number of nitrogens with one attached hydrogen (secondary N) is 3. The van der Waals surface area contributed by atoms with Crippen LogP contribution in [0.5, 0.6) is 0 Å². The number of anilines is 1. The van der Waals surface area contributed by atoms with E-state index in [0.717, 1.165) is 18.5 Å². The van der Waals surface area contributed by atoms with Gasteiger partial charge in [-0.05, 0) is 55.2 Å². The molecule has 0 saturated carbocycles. The van der Waals surface area contributed by atoms with E-state index in [2.05, 4.69) is 47.1 Å². The summed E-state index contributed by atoms with van der Waals surface area (Å²) in [7, 11) is 0. The van der Waals surface area contributed by atoms with Crippen molar-refractivity contribution in [1.82, 2.24) is 15.5 Å². The molecule has 3 aromatic rings. The monoisotopic (exact) mass is 566 g/mol. The summed E-state index contributed by atoms with van der Waals surface area (Å²) >= 11 is 12.1. The lowest BCUT2D eigenvalue weighted by Crippen LogP contribution is -2.49. The van der Waals surface area contributed by atoms with E-state index in [9.17, 15) is 9.59 Å². The van der Waals surface area contributed by atoms with Crippen LogP contribution in [0.25, 0.3) is 0 Å². The van der Waals surface area contributed by atoms with Crippen LogP contribution >= 0.6 is 23.2 Å². The summed E-state index contributed by atoms with van der Waals surface area (Å²) in [6.45, 7) is 4.52. The predicted molar refractivity (Wildman–Crippen MR) is 160 cm³/mol. The van der Waals surface area contributed by atoms with Crippen molar-refractivity contribution in [3.63, 3.8) is 0 Å². The van der Waals surface area contributed by atoms with Gasteiger partial charge in [0, 0.05) is 49.4 Å². The summed E-state index contributed by atoms with van der Waals surface area (Å²) < 4.78 is 0. The molecule has 1 aliphatic heterocycles. The van der Waals surface area contributed by atoms with E-state index in [-0.39, 0.29) is 29.8 Å². The molecule has 39 heavy (non-hydrogen) atoms. The first-order valence-corrected chi connectivity index (χ1v) is 14.3. The van der Waals surface area contributed by atoms with Crippen LogP contribution in [0.3, 0.4) is 0 Å². The van der Waals surface area contributed by atoms with Crippen LogP contribution in [-0.2, 0) is 4.79 Å². The summed E-state index contributed by atoms with van der Waals surface area (Å²) in [5.74, 6) is 0.155. The Kier molecular flexibility index (Phi) is 10.7. The van der Waals surface area contributed by atoms with Crippen molar-refractivity contribution in [3.05, 3.63) is 100 Å². The molecule has 8 heteroatoms. The topological polar surface area (TPSA) is 73.5 Å². The fourth-order valence-electron chi connectivity index (χ4n) is 4.96. The first kappa shape index (κ1) is 28.9. The van der Waals surface area contributed by atoms with Gasteiger partial charge in [0.25, 0.3) is 5.91 Å². The molecule has 3 aromatic carbocycles. The second-order valence-electron chi connectivity index (χ2n) is 9.93. The van der Waals surface area contributed by atoms with Gasteiger partial charge in [-0.1, -0.05) is 78.7 Å².